The minimum Gasteiger partial charge on any atom is -0.396 e. The summed E-state index contributed by atoms with van der Waals surface area (Å²) in [7, 11) is 0. The molecule has 1 N–H and O–H groups in total. The second kappa shape index (κ2) is 4.38. The molecule has 3 fully saturated rings. The number of rotatable bonds is 2. The van der Waals surface area contributed by atoms with E-state index in [4.69, 9.17) is 28.8 Å². The van der Waals surface area contributed by atoms with Gasteiger partial charge in [0.1, 0.15) is 18.3 Å². The van der Waals surface area contributed by atoms with E-state index < -0.39 is 17.9 Å². The van der Waals surface area contributed by atoms with Crippen molar-refractivity contribution in [3.63, 3.8) is 0 Å². The lowest BCUT2D eigenvalue weighted by Gasteiger charge is -2.37. The average Bonchev–Trinajstić information content (AvgIpc) is 2.74. The quantitative estimate of drug-likeness (QED) is 0.802. The summed E-state index contributed by atoms with van der Waals surface area (Å²) < 4.78 is 29.3. The standard InChI is InChI=1S/C13H22O6/c1-12(2)16-8-7(5-6-14)15-11-10(9(8)17-12)18-13(3,4)19-11/h7-11,14H,5-6H2,1-4H3/t7?,8-,9?,10?,11+/m0/s1. The van der Waals surface area contributed by atoms with Crippen LogP contribution in [0.5, 0.6) is 0 Å². The molecule has 6 nitrogen and oxygen atoms in total. The van der Waals surface area contributed by atoms with Gasteiger partial charge >= 0.3 is 0 Å². The Morgan fingerprint density at radius 2 is 1.42 bits per heavy atom. The summed E-state index contributed by atoms with van der Waals surface area (Å²) in [5, 5.41) is 9.16. The Hall–Kier alpha value is -0.240. The Morgan fingerprint density at radius 3 is 2.11 bits per heavy atom. The molecule has 3 saturated heterocycles. The molecule has 0 amide bonds. The van der Waals surface area contributed by atoms with Gasteiger partial charge in [0.15, 0.2) is 17.9 Å². The number of hydrogen-bond acceptors (Lipinski definition) is 6. The van der Waals surface area contributed by atoms with E-state index in [0.29, 0.717) is 6.42 Å². The van der Waals surface area contributed by atoms with Crippen LogP contribution in [0.15, 0.2) is 0 Å². The maximum absolute atomic E-state index is 9.16. The van der Waals surface area contributed by atoms with Gasteiger partial charge in [0, 0.05) is 6.61 Å². The van der Waals surface area contributed by atoms with Crippen molar-refractivity contribution in [3.05, 3.63) is 0 Å². The summed E-state index contributed by atoms with van der Waals surface area (Å²) in [4.78, 5) is 0. The molecule has 0 bridgehead atoms. The first-order valence-electron chi connectivity index (χ1n) is 6.79. The number of hydrogen-bond donors (Lipinski definition) is 1. The molecule has 0 aromatic rings. The van der Waals surface area contributed by atoms with Gasteiger partial charge in [-0.3, -0.25) is 0 Å². The predicted molar refractivity (Wildman–Crippen MR) is 64.2 cm³/mol. The molecule has 19 heavy (non-hydrogen) atoms. The second-order valence-electron chi connectivity index (χ2n) is 6.22. The van der Waals surface area contributed by atoms with E-state index in [0.717, 1.165) is 0 Å². The molecule has 3 aliphatic heterocycles. The lowest BCUT2D eigenvalue weighted by Crippen LogP contribution is -2.55. The lowest BCUT2D eigenvalue weighted by molar-refractivity contribution is -0.236. The van der Waals surface area contributed by atoms with Crippen LogP contribution in [0.3, 0.4) is 0 Å². The highest BCUT2D eigenvalue weighted by atomic mass is 16.9. The third kappa shape index (κ3) is 2.41. The SMILES string of the molecule is CC1(C)OC2C3OC(C)(C)O[C@H]3C(CCO)O[C@@H]2O1. The first-order chi connectivity index (χ1) is 8.81. The summed E-state index contributed by atoms with van der Waals surface area (Å²) in [6, 6.07) is 0. The van der Waals surface area contributed by atoms with Crippen molar-refractivity contribution >= 4 is 0 Å². The fraction of sp³-hybridized carbons (Fsp3) is 1.00. The predicted octanol–water partition coefficient (Wildman–Crippen LogP) is 0.765. The third-order valence-electron chi connectivity index (χ3n) is 3.66. The highest BCUT2D eigenvalue weighted by Gasteiger charge is 2.60. The largest absolute Gasteiger partial charge is 0.396 e. The van der Waals surface area contributed by atoms with Crippen molar-refractivity contribution in [2.75, 3.05) is 6.61 Å². The van der Waals surface area contributed by atoms with Crippen LogP contribution in [0.1, 0.15) is 34.1 Å². The zero-order valence-electron chi connectivity index (χ0n) is 11.8. The van der Waals surface area contributed by atoms with Crippen molar-refractivity contribution in [3.8, 4) is 0 Å². The molecular weight excluding hydrogens is 252 g/mol. The maximum atomic E-state index is 9.16. The van der Waals surface area contributed by atoms with Crippen LogP contribution in [-0.2, 0) is 23.7 Å². The zero-order valence-corrected chi connectivity index (χ0v) is 11.8. The van der Waals surface area contributed by atoms with Gasteiger partial charge in [0.2, 0.25) is 0 Å². The van der Waals surface area contributed by atoms with Crippen molar-refractivity contribution in [1.29, 1.82) is 0 Å². The topological polar surface area (TPSA) is 66.4 Å². The molecule has 0 aromatic carbocycles. The normalized spacial score (nSPS) is 46.9. The monoisotopic (exact) mass is 274 g/mol. The fourth-order valence-electron chi connectivity index (χ4n) is 3.05. The lowest BCUT2D eigenvalue weighted by atomic mass is 9.97. The Bertz CT molecular complexity index is 355. The first-order valence-corrected chi connectivity index (χ1v) is 6.79. The zero-order chi connectivity index (χ0) is 13.8. The van der Waals surface area contributed by atoms with Gasteiger partial charge in [-0.05, 0) is 34.1 Å². The maximum Gasteiger partial charge on any atom is 0.190 e. The van der Waals surface area contributed by atoms with Gasteiger partial charge in [-0.15, -0.1) is 0 Å². The molecule has 3 rings (SSSR count). The molecule has 0 radical (unpaired) electrons. The van der Waals surface area contributed by atoms with Crippen LogP contribution < -0.4 is 0 Å². The molecule has 0 spiro atoms. The average molecular weight is 274 g/mol. The summed E-state index contributed by atoms with van der Waals surface area (Å²) in [6.45, 7) is 7.49. The number of aliphatic hydroxyl groups excluding tert-OH is 1. The third-order valence-corrected chi connectivity index (χ3v) is 3.66. The van der Waals surface area contributed by atoms with E-state index in [1.165, 1.54) is 0 Å². The minimum absolute atomic E-state index is 0.0410. The number of ether oxygens (including phenoxy) is 5. The van der Waals surface area contributed by atoms with E-state index in [-0.39, 0.29) is 31.0 Å². The molecule has 3 unspecified atom stereocenters. The van der Waals surface area contributed by atoms with Gasteiger partial charge in [-0.25, -0.2) is 0 Å². The van der Waals surface area contributed by atoms with Crippen LogP contribution in [0.25, 0.3) is 0 Å². The summed E-state index contributed by atoms with van der Waals surface area (Å²) >= 11 is 0. The first kappa shape index (κ1) is 13.7. The molecular formula is C13H22O6. The van der Waals surface area contributed by atoms with Gasteiger partial charge in [0.25, 0.3) is 0 Å². The summed E-state index contributed by atoms with van der Waals surface area (Å²) in [5.74, 6) is -1.36. The van der Waals surface area contributed by atoms with Crippen molar-refractivity contribution in [2.45, 2.75) is 76.4 Å². The number of fused-ring (bicyclic) bond motifs is 3. The Balaban J connectivity index is 1.84. The van der Waals surface area contributed by atoms with E-state index in [1.807, 2.05) is 27.7 Å². The Labute approximate surface area is 112 Å². The van der Waals surface area contributed by atoms with Crippen LogP contribution in [0, 0.1) is 0 Å². The van der Waals surface area contributed by atoms with E-state index in [9.17, 15) is 0 Å². The van der Waals surface area contributed by atoms with Gasteiger partial charge in [-0.1, -0.05) is 0 Å². The molecule has 5 atom stereocenters. The molecule has 6 heteroatoms. The highest BCUT2D eigenvalue weighted by molar-refractivity contribution is 4.99. The van der Waals surface area contributed by atoms with E-state index >= 15 is 0 Å². The molecule has 0 aliphatic carbocycles. The Kier molecular flexibility index (Phi) is 3.16. The molecule has 3 aliphatic rings. The van der Waals surface area contributed by atoms with E-state index in [2.05, 4.69) is 0 Å². The van der Waals surface area contributed by atoms with Crippen molar-refractivity contribution in [1.82, 2.24) is 0 Å². The number of aliphatic hydroxyl groups is 1. The molecule has 0 aromatic heterocycles. The second-order valence-corrected chi connectivity index (χ2v) is 6.22. The molecule has 3 heterocycles. The van der Waals surface area contributed by atoms with Gasteiger partial charge < -0.3 is 28.8 Å². The smallest absolute Gasteiger partial charge is 0.190 e. The van der Waals surface area contributed by atoms with Crippen LogP contribution >= 0.6 is 0 Å². The molecule has 110 valence electrons. The highest BCUT2D eigenvalue weighted by Crippen LogP contribution is 2.44. The van der Waals surface area contributed by atoms with Crippen LogP contribution in [0.4, 0.5) is 0 Å². The fourth-order valence-corrected chi connectivity index (χ4v) is 3.05. The summed E-state index contributed by atoms with van der Waals surface area (Å²) in [6.07, 6.45) is -0.973. The van der Waals surface area contributed by atoms with E-state index in [1.54, 1.807) is 0 Å². The van der Waals surface area contributed by atoms with Gasteiger partial charge in [0.05, 0.1) is 6.10 Å². The minimum atomic E-state index is -0.690. The Morgan fingerprint density at radius 1 is 0.842 bits per heavy atom. The van der Waals surface area contributed by atoms with Crippen molar-refractivity contribution in [2.24, 2.45) is 0 Å². The van der Waals surface area contributed by atoms with Gasteiger partial charge in [-0.2, -0.15) is 0 Å². The van der Waals surface area contributed by atoms with Crippen molar-refractivity contribution < 1.29 is 28.8 Å². The summed E-state index contributed by atoms with van der Waals surface area (Å²) in [5.41, 5.74) is 0. The molecule has 0 saturated carbocycles. The van der Waals surface area contributed by atoms with Crippen LogP contribution in [-0.4, -0.2) is 54.0 Å². The van der Waals surface area contributed by atoms with Crippen LogP contribution in [0.2, 0.25) is 0 Å².